The molecule has 3 N–H and O–H groups in total. The fourth-order valence-corrected chi connectivity index (χ4v) is 2.53. The lowest BCUT2D eigenvalue weighted by Crippen LogP contribution is -2.06. The molecule has 0 radical (unpaired) electrons. The molecule has 70 valence electrons. The third-order valence-electron chi connectivity index (χ3n) is 2.09. The smallest absolute Gasteiger partial charge is 0.350 e. The summed E-state index contributed by atoms with van der Waals surface area (Å²) in [5, 5.41) is 3.17. The van der Waals surface area contributed by atoms with Gasteiger partial charge in [-0.1, -0.05) is 0 Å². The van der Waals surface area contributed by atoms with Crippen LogP contribution >= 0.6 is 11.3 Å². The van der Waals surface area contributed by atoms with E-state index in [-0.39, 0.29) is 5.97 Å². The zero-order chi connectivity index (χ0) is 9.42. The van der Waals surface area contributed by atoms with Gasteiger partial charge in [0.1, 0.15) is 4.88 Å². The number of nitrogens with one attached hydrogen (secondary N) is 1. The quantitative estimate of drug-likeness (QED) is 0.653. The topological polar surface area (TPSA) is 64.3 Å². The van der Waals surface area contributed by atoms with E-state index >= 15 is 0 Å². The van der Waals surface area contributed by atoms with E-state index in [1.807, 2.05) is 0 Å². The molecule has 5 heteroatoms. The van der Waals surface area contributed by atoms with E-state index < -0.39 is 0 Å². The Labute approximate surface area is 79.7 Å². The van der Waals surface area contributed by atoms with Crippen molar-refractivity contribution in [3.63, 3.8) is 0 Å². The van der Waals surface area contributed by atoms with E-state index in [0.717, 1.165) is 23.5 Å². The Morgan fingerprint density at radius 2 is 2.38 bits per heavy atom. The minimum atomic E-state index is -0.336. The molecule has 0 amide bonds. The number of ether oxygens (including phenoxy) is 1. The van der Waals surface area contributed by atoms with Gasteiger partial charge in [0.25, 0.3) is 0 Å². The van der Waals surface area contributed by atoms with Gasteiger partial charge in [-0.2, -0.15) is 0 Å². The van der Waals surface area contributed by atoms with Gasteiger partial charge < -0.3 is 15.8 Å². The van der Waals surface area contributed by atoms with Crippen LogP contribution in [0.5, 0.6) is 0 Å². The van der Waals surface area contributed by atoms with Crippen molar-refractivity contribution in [3.8, 4) is 0 Å². The molecular formula is C8H10N2O2S. The largest absolute Gasteiger partial charge is 0.465 e. The molecule has 0 atom stereocenters. The van der Waals surface area contributed by atoms with Crippen LogP contribution in [0.2, 0.25) is 0 Å². The molecule has 0 saturated heterocycles. The molecule has 0 aliphatic carbocycles. The minimum absolute atomic E-state index is 0.336. The summed E-state index contributed by atoms with van der Waals surface area (Å²) in [5.74, 6) is -0.336. The summed E-state index contributed by atoms with van der Waals surface area (Å²) < 4.78 is 4.63. The van der Waals surface area contributed by atoms with Gasteiger partial charge in [-0.15, -0.1) is 11.3 Å². The average Bonchev–Trinajstić information content (AvgIpc) is 2.68. The van der Waals surface area contributed by atoms with Crippen molar-refractivity contribution in [3.05, 3.63) is 15.3 Å². The van der Waals surface area contributed by atoms with Crippen molar-refractivity contribution in [1.82, 2.24) is 5.32 Å². The fourth-order valence-electron chi connectivity index (χ4n) is 1.41. The predicted octanol–water partition coefficient (Wildman–Crippen LogP) is 0.720. The van der Waals surface area contributed by atoms with E-state index in [0.29, 0.717) is 10.6 Å². The molecule has 1 aliphatic heterocycles. The molecular weight excluding hydrogens is 188 g/mol. The molecule has 0 aromatic carbocycles. The summed E-state index contributed by atoms with van der Waals surface area (Å²) in [6, 6.07) is 0. The Morgan fingerprint density at radius 1 is 1.62 bits per heavy atom. The van der Waals surface area contributed by atoms with Crippen molar-refractivity contribution in [2.45, 2.75) is 13.1 Å². The molecule has 0 unspecified atom stereocenters. The normalized spacial score (nSPS) is 14.2. The molecule has 2 rings (SSSR count). The zero-order valence-electron chi connectivity index (χ0n) is 7.22. The van der Waals surface area contributed by atoms with Crippen LogP contribution in [0.3, 0.4) is 0 Å². The van der Waals surface area contributed by atoms with E-state index in [9.17, 15) is 4.79 Å². The molecule has 13 heavy (non-hydrogen) atoms. The number of nitrogen functional groups attached to an aromatic ring is 1. The van der Waals surface area contributed by atoms with Crippen LogP contribution in [-0.4, -0.2) is 13.1 Å². The Bertz CT molecular complexity index is 359. The highest BCUT2D eigenvalue weighted by Gasteiger charge is 2.23. The van der Waals surface area contributed by atoms with Gasteiger partial charge in [-0.05, 0) is 0 Å². The lowest BCUT2D eigenvalue weighted by molar-refractivity contribution is 0.0607. The summed E-state index contributed by atoms with van der Waals surface area (Å²) in [7, 11) is 1.37. The van der Waals surface area contributed by atoms with Crippen LogP contribution in [0.25, 0.3) is 0 Å². The van der Waals surface area contributed by atoms with E-state index in [1.165, 1.54) is 18.4 Å². The molecule has 0 bridgehead atoms. The van der Waals surface area contributed by atoms with Crippen LogP contribution in [-0.2, 0) is 17.8 Å². The van der Waals surface area contributed by atoms with Crippen molar-refractivity contribution in [2.75, 3.05) is 12.8 Å². The van der Waals surface area contributed by atoms with Gasteiger partial charge in [0, 0.05) is 23.5 Å². The molecule has 0 saturated carbocycles. The number of thiophene rings is 1. The maximum atomic E-state index is 11.2. The number of hydrogen-bond donors (Lipinski definition) is 2. The van der Waals surface area contributed by atoms with Crippen molar-refractivity contribution < 1.29 is 9.53 Å². The highest BCUT2D eigenvalue weighted by Crippen LogP contribution is 2.34. The summed E-state index contributed by atoms with van der Waals surface area (Å²) in [6.45, 7) is 1.57. The Morgan fingerprint density at radius 3 is 3.00 bits per heavy atom. The first-order valence-electron chi connectivity index (χ1n) is 3.93. The third kappa shape index (κ3) is 1.20. The molecule has 1 aromatic rings. The Kier molecular flexibility index (Phi) is 1.97. The number of anilines is 1. The van der Waals surface area contributed by atoms with E-state index in [4.69, 9.17) is 5.73 Å². The summed E-state index contributed by atoms with van der Waals surface area (Å²) in [6.07, 6.45) is 0. The number of nitrogens with two attached hydrogens (primary N) is 1. The van der Waals surface area contributed by atoms with Gasteiger partial charge >= 0.3 is 5.97 Å². The van der Waals surface area contributed by atoms with Gasteiger partial charge in [0.15, 0.2) is 0 Å². The number of rotatable bonds is 1. The maximum Gasteiger partial charge on any atom is 0.350 e. The number of carbonyl (C=O) groups excluding carboxylic acids is 1. The first kappa shape index (κ1) is 8.52. The zero-order valence-corrected chi connectivity index (χ0v) is 8.03. The van der Waals surface area contributed by atoms with Crippen LogP contribution in [0.1, 0.15) is 20.1 Å². The summed E-state index contributed by atoms with van der Waals surface area (Å²) >= 11 is 1.42. The van der Waals surface area contributed by atoms with Gasteiger partial charge in [-0.25, -0.2) is 4.79 Å². The molecule has 1 aromatic heterocycles. The molecule has 1 aliphatic rings. The van der Waals surface area contributed by atoms with Crippen LogP contribution in [0, 0.1) is 0 Å². The first-order valence-corrected chi connectivity index (χ1v) is 4.74. The minimum Gasteiger partial charge on any atom is -0.465 e. The average molecular weight is 198 g/mol. The van der Waals surface area contributed by atoms with Crippen molar-refractivity contribution in [2.24, 2.45) is 0 Å². The molecule has 4 nitrogen and oxygen atoms in total. The lowest BCUT2D eigenvalue weighted by atomic mass is 10.2. The van der Waals surface area contributed by atoms with Crippen LogP contribution < -0.4 is 11.1 Å². The maximum absolute atomic E-state index is 11.2. The second-order valence-electron chi connectivity index (χ2n) is 2.84. The first-order chi connectivity index (χ1) is 6.24. The van der Waals surface area contributed by atoms with Gasteiger partial charge in [-0.3, -0.25) is 0 Å². The second kappa shape index (κ2) is 3.01. The standard InChI is InChI=1S/C8H10N2O2S/c1-12-8(11)7-6(9)4-2-10-3-5(4)13-7/h10H,2-3,9H2,1H3. The van der Waals surface area contributed by atoms with Gasteiger partial charge in [0.05, 0.1) is 12.8 Å². The summed E-state index contributed by atoms with van der Waals surface area (Å²) in [4.78, 5) is 12.9. The van der Waals surface area contributed by atoms with E-state index in [1.54, 1.807) is 0 Å². The van der Waals surface area contributed by atoms with Gasteiger partial charge in [0.2, 0.25) is 0 Å². The molecule has 0 fully saturated rings. The van der Waals surface area contributed by atoms with Crippen molar-refractivity contribution in [1.29, 1.82) is 0 Å². The number of esters is 1. The number of fused-ring (bicyclic) bond motifs is 1. The number of methoxy groups -OCH3 is 1. The number of carbonyl (C=O) groups is 1. The van der Waals surface area contributed by atoms with Crippen LogP contribution in [0.4, 0.5) is 5.69 Å². The highest BCUT2D eigenvalue weighted by molar-refractivity contribution is 7.14. The van der Waals surface area contributed by atoms with Crippen LogP contribution in [0.15, 0.2) is 0 Å². The summed E-state index contributed by atoms with van der Waals surface area (Å²) in [5.41, 5.74) is 7.44. The van der Waals surface area contributed by atoms with E-state index in [2.05, 4.69) is 10.1 Å². The third-order valence-corrected chi connectivity index (χ3v) is 3.32. The SMILES string of the molecule is COC(=O)c1sc2c(c1N)CNC2. The predicted molar refractivity (Wildman–Crippen MR) is 50.6 cm³/mol. The monoisotopic (exact) mass is 198 g/mol. The lowest BCUT2D eigenvalue weighted by Gasteiger charge is -1.98. The Balaban J connectivity index is 2.44. The number of hydrogen-bond acceptors (Lipinski definition) is 5. The Hall–Kier alpha value is -1.07. The second-order valence-corrected chi connectivity index (χ2v) is 3.95. The highest BCUT2D eigenvalue weighted by atomic mass is 32.1. The van der Waals surface area contributed by atoms with Crippen molar-refractivity contribution >= 4 is 23.0 Å². The molecule has 2 heterocycles. The fraction of sp³-hybridized carbons (Fsp3) is 0.375. The molecule has 0 spiro atoms.